The Bertz CT molecular complexity index is 766. The van der Waals surface area contributed by atoms with Crippen molar-refractivity contribution in [1.82, 2.24) is 5.32 Å². The van der Waals surface area contributed by atoms with E-state index in [1.54, 1.807) is 13.8 Å². The standard InChI is InChI=1S/C18H16F5NO/c1-17(2,12-4-7-13(19)8-5-12)16(25)24-10-11-3-6-14(20)9-15(11)18(21,22)23/h3-9H,10H2,1-2H3,(H,24,25). The molecule has 0 saturated heterocycles. The van der Waals surface area contributed by atoms with Gasteiger partial charge in [0.15, 0.2) is 0 Å². The summed E-state index contributed by atoms with van der Waals surface area (Å²) < 4.78 is 65.0. The maximum atomic E-state index is 13.1. The summed E-state index contributed by atoms with van der Waals surface area (Å²) >= 11 is 0. The van der Waals surface area contributed by atoms with Crippen molar-refractivity contribution >= 4 is 5.91 Å². The van der Waals surface area contributed by atoms with E-state index in [1.165, 1.54) is 24.3 Å². The Labute approximate surface area is 141 Å². The Hall–Kier alpha value is -2.44. The van der Waals surface area contributed by atoms with Crippen molar-refractivity contribution in [2.75, 3.05) is 0 Å². The van der Waals surface area contributed by atoms with E-state index in [-0.39, 0.29) is 5.56 Å². The first-order valence-corrected chi connectivity index (χ1v) is 7.42. The number of nitrogens with one attached hydrogen (secondary N) is 1. The van der Waals surface area contributed by atoms with Gasteiger partial charge in [-0.3, -0.25) is 4.79 Å². The summed E-state index contributed by atoms with van der Waals surface area (Å²) in [7, 11) is 0. The number of benzene rings is 2. The molecular formula is C18H16F5NO. The molecule has 0 unspecified atom stereocenters. The molecule has 2 aromatic carbocycles. The molecule has 0 radical (unpaired) electrons. The molecule has 0 spiro atoms. The lowest BCUT2D eigenvalue weighted by atomic mass is 9.83. The Kier molecular flexibility index (Phi) is 5.15. The van der Waals surface area contributed by atoms with Crippen LogP contribution in [0.15, 0.2) is 42.5 Å². The van der Waals surface area contributed by atoms with Crippen LogP contribution in [0.25, 0.3) is 0 Å². The van der Waals surface area contributed by atoms with Crippen LogP contribution in [-0.4, -0.2) is 5.91 Å². The van der Waals surface area contributed by atoms with Crippen molar-refractivity contribution in [2.24, 2.45) is 0 Å². The molecule has 0 aliphatic rings. The Balaban J connectivity index is 2.18. The van der Waals surface area contributed by atoms with Gasteiger partial charge in [-0.2, -0.15) is 13.2 Å². The normalized spacial score (nSPS) is 12.1. The molecule has 0 heterocycles. The van der Waals surface area contributed by atoms with E-state index in [9.17, 15) is 26.7 Å². The fourth-order valence-corrected chi connectivity index (χ4v) is 2.36. The summed E-state index contributed by atoms with van der Waals surface area (Å²) in [5, 5.41) is 2.43. The number of amides is 1. The largest absolute Gasteiger partial charge is 0.416 e. The summed E-state index contributed by atoms with van der Waals surface area (Å²) in [5.74, 6) is -1.99. The molecule has 1 N–H and O–H groups in total. The van der Waals surface area contributed by atoms with Gasteiger partial charge in [0, 0.05) is 6.54 Å². The van der Waals surface area contributed by atoms with Gasteiger partial charge >= 0.3 is 6.18 Å². The zero-order valence-electron chi connectivity index (χ0n) is 13.5. The molecular weight excluding hydrogens is 341 g/mol. The first-order chi connectivity index (χ1) is 11.5. The van der Waals surface area contributed by atoms with E-state index >= 15 is 0 Å². The number of carbonyl (C=O) groups excluding carboxylic acids is 1. The maximum Gasteiger partial charge on any atom is 0.416 e. The molecule has 2 aromatic rings. The molecule has 0 bridgehead atoms. The summed E-state index contributed by atoms with van der Waals surface area (Å²) in [6, 6.07) is 7.57. The highest BCUT2D eigenvalue weighted by molar-refractivity contribution is 5.87. The molecule has 1 amide bonds. The predicted molar refractivity (Wildman–Crippen MR) is 82.7 cm³/mol. The second-order valence-electron chi connectivity index (χ2n) is 6.11. The highest BCUT2D eigenvalue weighted by atomic mass is 19.4. The molecule has 0 aliphatic carbocycles. The molecule has 7 heteroatoms. The van der Waals surface area contributed by atoms with Crippen LogP contribution >= 0.6 is 0 Å². The maximum absolute atomic E-state index is 13.1. The molecule has 0 atom stereocenters. The van der Waals surface area contributed by atoms with Gasteiger partial charge < -0.3 is 5.32 Å². The van der Waals surface area contributed by atoms with Crippen LogP contribution in [0, 0.1) is 11.6 Å². The quantitative estimate of drug-likeness (QED) is 0.798. The van der Waals surface area contributed by atoms with Crippen molar-refractivity contribution < 1.29 is 26.7 Å². The minimum atomic E-state index is -4.73. The van der Waals surface area contributed by atoms with Crippen LogP contribution in [0.5, 0.6) is 0 Å². The minimum Gasteiger partial charge on any atom is -0.351 e. The zero-order valence-corrected chi connectivity index (χ0v) is 13.5. The second kappa shape index (κ2) is 6.82. The lowest BCUT2D eigenvalue weighted by Crippen LogP contribution is -2.40. The van der Waals surface area contributed by atoms with Crippen molar-refractivity contribution in [1.29, 1.82) is 0 Å². The van der Waals surface area contributed by atoms with Crippen molar-refractivity contribution in [3.63, 3.8) is 0 Å². The molecule has 0 aliphatic heterocycles. The average molecular weight is 357 g/mol. The molecule has 2 nitrogen and oxygen atoms in total. The topological polar surface area (TPSA) is 29.1 Å². The predicted octanol–water partition coefficient (Wildman–Crippen LogP) is 4.58. The fourth-order valence-electron chi connectivity index (χ4n) is 2.36. The molecule has 25 heavy (non-hydrogen) atoms. The van der Waals surface area contributed by atoms with Gasteiger partial charge in [0.2, 0.25) is 5.91 Å². The number of hydrogen-bond donors (Lipinski definition) is 1. The first kappa shape index (κ1) is 18.9. The van der Waals surface area contributed by atoms with E-state index in [4.69, 9.17) is 0 Å². The SMILES string of the molecule is CC(C)(C(=O)NCc1ccc(F)cc1C(F)(F)F)c1ccc(F)cc1. The third-order valence-corrected chi connectivity index (χ3v) is 3.95. The number of hydrogen-bond acceptors (Lipinski definition) is 1. The van der Waals surface area contributed by atoms with E-state index in [2.05, 4.69) is 5.32 Å². The third-order valence-electron chi connectivity index (χ3n) is 3.95. The Morgan fingerprint density at radius 3 is 2.08 bits per heavy atom. The number of rotatable bonds is 4. The molecule has 0 saturated carbocycles. The van der Waals surface area contributed by atoms with Crippen LogP contribution in [-0.2, 0) is 22.9 Å². The number of halogens is 5. The van der Waals surface area contributed by atoms with Gasteiger partial charge in [0.05, 0.1) is 11.0 Å². The summed E-state index contributed by atoms with van der Waals surface area (Å²) in [6.45, 7) is 2.74. The number of carbonyl (C=O) groups is 1. The van der Waals surface area contributed by atoms with Gasteiger partial charge in [-0.1, -0.05) is 18.2 Å². The van der Waals surface area contributed by atoms with Gasteiger partial charge in [-0.25, -0.2) is 8.78 Å². The van der Waals surface area contributed by atoms with Crippen molar-refractivity contribution in [2.45, 2.75) is 32.0 Å². The molecule has 0 aromatic heterocycles. The van der Waals surface area contributed by atoms with E-state index < -0.39 is 41.2 Å². The van der Waals surface area contributed by atoms with E-state index in [1.807, 2.05) is 0 Å². The van der Waals surface area contributed by atoms with E-state index in [0.717, 1.165) is 12.1 Å². The van der Waals surface area contributed by atoms with Crippen LogP contribution < -0.4 is 5.32 Å². The van der Waals surface area contributed by atoms with Crippen molar-refractivity contribution in [3.8, 4) is 0 Å². The Morgan fingerprint density at radius 2 is 1.52 bits per heavy atom. The van der Waals surface area contributed by atoms with Crippen LogP contribution in [0.2, 0.25) is 0 Å². The zero-order chi connectivity index (χ0) is 18.8. The van der Waals surface area contributed by atoms with E-state index in [0.29, 0.717) is 11.6 Å². The monoisotopic (exact) mass is 357 g/mol. The lowest BCUT2D eigenvalue weighted by molar-refractivity contribution is -0.138. The summed E-state index contributed by atoms with van der Waals surface area (Å²) in [6.07, 6.45) is -4.73. The first-order valence-electron chi connectivity index (χ1n) is 7.42. The van der Waals surface area contributed by atoms with Crippen LogP contribution in [0.4, 0.5) is 22.0 Å². The lowest BCUT2D eigenvalue weighted by Gasteiger charge is -2.24. The molecule has 0 fully saturated rings. The summed E-state index contributed by atoms with van der Waals surface area (Å²) in [4.78, 5) is 12.4. The van der Waals surface area contributed by atoms with Gasteiger partial charge in [0.25, 0.3) is 0 Å². The average Bonchev–Trinajstić information content (AvgIpc) is 2.52. The van der Waals surface area contributed by atoms with Crippen LogP contribution in [0.3, 0.4) is 0 Å². The van der Waals surface area contributed by atoms with Gasteiger partial charge in [0.1, 0.15) is 11.6 Å². The molecule has 2 rings (SSSR count). The van der Waals surface area contributed by atoms with Crippen molar-refractivity contribution in [3.05, 3.63) is 70.8 Å². The third kappa shape index (κ3) is 4.35. The minimum absolute atomic E-state index is 0.239. The number of alkyl halides is 3. The summed E-state index contributed by atoms with van der Waals surface area (Å²) in [5.41, 5.74) is -1.93. The molecule has 134 valence electrons. The highest BCUT2D eigenvalue weighted by Crippen LogP contribution is 2.32. The smallest absolute Gasteiger partial charge is 0.351 e. The fraction of sp³-hybridized carbons (Fsp3) is 0.278. The van der Waals surface area contributed by atoms with Gasteiger partial charge in [-0.15, -0.1) is 0 Å². The van der Waals surface area contributed by atoms with Gasteiger partial charge in [-0.05, 0) is 49.2 Å². The Morgan fingerprint density at radius 1 is 0.960 bits per heavy atom. The van der Waals surface area contributed by atoms with Crippen LogP contribution in [0.1, 0.15) is 30.5 Å². The highest BCUT2D eigenvalue weighted by Gasteiger charge is 2.34. The second-order valence-corrected chi connectivity index (χ2v) is 6.11.